The number of ether oxygens (including phenoxy) is 1. The number of rotatable bonds is 4. The van der Waals surface area contributed by atoms with Gasteiger partial charge in [-0.15, -0.1) is 0 Å². The normalized spacial score (nSPS) is 28.9. The van der Waals surface area contributed by atoms with E-state index in [0.29, 0.717) is 11.3 Å². The van der Waals surface area contributed by atoms with Gasteiger partial charge in [-0.1, -0.05) is 12.8 Å². The number of aliphatic carboxylic acids is 1. The molecule has 0 unspecified atom stereocenters. The molecule has 4 nitrogen and oxygen atoms in total. The number of hydrogen-bond acceptors (Lipinski definition) is 3. The molecule has 4 heteroatoms. The van der Waals surface area contributed by atoms with Crippen molar-refractivity contribution in [1.82, 2.24) is 4.90 Å². The summed E-state index contributed by atoms with van der Waals surface area (Å²) < 4.78 is 5.29. The van der Waals surface area contributed by atoms with Crippen LogP contribution in [0.2, 0.25) is 0 Å². The highest BCUT2D eigenvalue weighted by molar-refractivity contribution is 5.69. The Labute approximate surface area is 96.6 Å². The molecule has 0 bridgehead atoms. The van der Waals surface area contributed by atoms with Gasteiger partial charge in [0.15, 0.2) is 0 Å². The van der Waals surface area contributed by atoms with E-state index in [1.807, 2.05) is 0 Å². The summed E-state index contributed by atoms with van der Waals surface area (Å²) in [5, 5.41) is 8.85. The molecule has 0 aromatic rings. The molecule has 0 aromatic carbocycles. The van der Waals surface area contributed by atoms with E-state index in [1.54, 1.807) is 7.11 Å². The van der Waals surface area contributed by atoms with Crippen molar-refractivity contribution in [3.05, 3.63) is 0 Å². The summed E-state index contributed by atoms with van der Waals surface area (Å²) >= 11 is 0. The van der Waals surface area contributed by atoms with Gasteiger partial charge in [0.05, 0.1) is 13.2 Å². The van der Waals surface area contributed by atoms with Gasteiger partial charge >= 0.3 is 5.97 Å². The zero-order valence-electron chi connectivity index (χ0n) is 9.95. The van der Waals surface area contributed by atoms with Crippen LogP contribution < -0.4 is 0 Å². The average molecular weight is 227 g/mol. The van der Waals surface area contributed by atoms with Gasteiger partial charge in [0.1, 0.15) is 0 Å². The zero-order chi connectivity index (χ0) is 11.6. The largest absolute Gasteiger partial charge is 0.480 e. The summed E-state index contributed by atoms with van der Waals surface area (Å²) in [4.78, 5) is 12.8. The minimum atomic E-state index is -0.716. The standard InChI is InChI=1S/C12H21NO3/c1-16-8-10-6-13(7-11(14)15)9-12(10)4-2-3-5-12/h10H,2-9H2,1H3,(H,14,15)/t10-/m0/s1. The van der Waals surface area contributed by atoms with Crippen molar-refractivity contribution in [2.24, 2.45) is 11.3 Å². The van der Waals surface area contributed by atoms with Crippen LogP contribution in [0, 0.1) is 11.3 Å². The van der Waals surface area contributed by atoms with Gasteiger partial charge in [-0.3, -0.25) is 9.69 Å². The molecule has 1 N–H and O–H groups in total. The fourth-order valence-electron chi connectivity index (χ4n) is 3.53. The Morgan fingerprint density at radius 1 is 1.50 bits per heavy atom. The topological polar surface area (TPSA) is 49.8 Å². The molecule has 2 aliphatic rings. The Hall–Kier alpha value is -0.610. The maximum absolute atomic E-state index is 10.8. The molecule has 92 valence electrons. The number of nitrogens with zero attached hydrogens (tertiary/aromatic N) is 1. The van der Waals surface area contributed by atoms with Gasteiger partial charge in [0.2, 0.25) is 0 Å². The number of carbonyl (C=O) groups is 1. The van der Waals surface area contributed by atoms with Gasteiger partial charge in [-0.05, 0) is 18.3 Å². The number of carboxylic acids is 1. The van der Waals surface area contributed by atoms with Crippen molar-refractivity contribution in [2.75, 3.05) is 33.4 Å². The first-order chi connectivity index (χ1) is 7.66. The molecule has 0 aromatic heterocycles. The lowest BCUT2D eigenvalue weighted by molar-refractivity contribution is -0.138. The highest BCUT2D eigenvalue weighted by Gasteiger charge is 2.47. The number of carboxylic acid groups (broad SMARTS) is 1. The quantitative estimate of drug-likeness (QED) is 0.784. The lowest BCUT2D eigenvalue weighted by Gasteiger charge is -2.29. The fourth-order valence-corrected chi connectivity index (χ4v) is 3.53. The first-order valence-electron chi connectivity index (χ1n) is 6.09. The molecule has 1 saturated heterocycles. The molecule has 16 heavy (non-hydrogen) atoms. The van der Waals surface area contributed by atoms with Crippen LogP contribution in [0.25, 0.3) is 0 Å². The van der Waals surface area contributed by atoms with Crippen LogP contribution in [0.4, 0.5) is 0 Å². The highest BCUT2D eigenvalue weighted by atomic mass is 16.5. The monoisotopic (exact) mass is 227 g/mol. The number of methoxy groups -OCH3 is 1. The SMILES string of the molecule is COC[C@@H]1CN(CC(=O)O)CC12CCCC2. The molecule has 2 rings (SSSR count). The van der Waals surface area contributed by atoms with Crippen molar-refractivity contribution >= 4 is 5.97 Å². The molecule has 0 radical (unpaired) electrons. The van der Waals surface area contributed by atoms with Gasteiger partial charge in [0, 0.05) is 26.1 Å². The van der Waals surface area contributed by atoms with Gasteiger partial charge in [0.25, 0.3) is 0 Å². The van der Waals surface area contributed by atoms with Gasteiger partial charge in [-0.2, -0.15) is 0 Å². The van der Waals surface area contributed by atoms with E-state index < -0.39 is 5.97 Å². The summed E-state index contributed by atoms with van der Waals surface area (Å²) in [5.41, 5.74) is 0.353. The molecule has 1 aliphatic carbocycles. The minimum Gasteiger partial charge on any atom is -0.480 e. The summed E-state index contributed by atoms with van der Waals surface area (Å²) in [6.45, 7) is 2.80. The van der Waals surface area contributed by atoms with Crippen molar-refractivity contribution in [1.29, 1.82) is 0 Å². The van der Waals surface area contributed by atoms with Crippen LogP contribution >= 0.6 is 0 Å². The summed E-state index contributed by atoms with van der Waals surface area (Å²) in [5.74, 6) is -0.189. The zero-order valence-corrected chi connectivity index (χ0v) is 9.95. The third-order valence-electron chi connectivity index (χ3n) is 4.21. The Bertz CT molecular complexity index is 261. The first-order valence-corrected chi connectivity index (χ1v) is 6.09. The Morgan fingerprint density at radius 3 is 2.75 bits per heavy atom. The molecule has 1 saturated carbocycles. The Kier molecular flexibility index (Phi) is 3.50. The lowest BCUT2D eigenvalue weighted by Crippen LogP contribution is -2.30. The van der Waals surface area contributed by atoms with Crippen LogP contribution in [0.5, 0.6) is 0 Å². The number of hydrogen-bond donors (Lipinski definition) is 1. The van der Waals surface area contributed by atoms with Crippen LogP contribution in [-0.4, -0.2) is 49.3 Å². The molecule has 1 atom stereocenters. The van der Waals surface area contributed by atoms with Crippen molar-refractivity contribution in [3.8, 4) is 0 Å². The molecule has 1 spiro atoms. The van der Waals surface area contributed by atoms with Crippen molar-refractivity contribution < 1.29 is 14.6 Å². The van der Waals surface area contributed by atoms with E-state index in [9.17, 15) is 4.79 Å². The maximum atomic E-state index is 10.8. The Balaban J connectivity index is 2.02. The highest BCUT2D eigenvalue weighted by Crippen LogP contribution is 2.48. The Morgan fingerprint density at radius 2 is 2.19 bits per heavy atom. The predicted octanol–water partition coefficient (Wildman–Crippen LogP) is 1.21. The molecule has 1 heterocycles. The second-order valence-electron chi connectivity index (χ2n) is 5.29. The summed E-state index contributed by atoms with van der Waals surface area (Å²) in [7, 11) is 1.74. The van der Waals surface area contributed by atoms with Crippen LogP contribution in [0.15, 0.2) is 0 Å². The fraction of sp³-hybridized carbons (Fsp3) is 0.917. The van der Waals surface area contributed by atoms with Crippen LogP contribution in [0.3, 0.4) is 0 Å². The molecule has 1 aliphatic heterocycles. The summed E-state index contributed by atoms with van der Waals surface area (Å²) in [6, 6.07) is 0. The molecule has 0 amide bonds. The van der Waals surface area contributed by atoms with E-state index >= 15 is 0 Å². The molecule has 2 fully saturated rings. The lowest BCUT2D eigenvalue weighted by atomic mass is 9.77. The van der Waals surface area contributed by atoms with Gasteiger partial charge < -0.3 is 9.84 Å². The summed E-state index contributed by atoms with van der Waals surface area (Å²) in [6.07, 6.45) is 5.08. The van der Waals surface area contributed by atoms with E-state index in [0.717, 1.165) is 19.7 Å². The van der Waals surface area contributed by atoms with Crippen molar-refractivity contribution in [2.45, 2.75) is 25.7 Å². The third-order valence-corrected chi connectivity index (χ3v) is 4.21. The van der Waals surface area contributed by atoms with Gasteiger partial charge in [-0.25, -0.2) is 0 Å². The third kappa shape index (κ3) is 2.23. The van der Waals surface area contributed by atoms with E-state index in [1.165, 1.54) is 25.7 Å². The average Bonchev–Trinajstić information content (AvgIpc) is 2.77. The molecular formula is C12H21NO3. The smallest absolute Gasteiger partial charge is 0.317 e. The second-order valence-corrected chi connectivity index (χ2v) is 5.29. The van der Waals surface area contributed by atoms with Crippen LogP contribution in [-0.2, 0) is 9.53 Å². The maximum Gasteiger partial charge on any atom is 0.317 e. The first kappa shape index (κ1) is 11.9. The van der Waals surface area contributed by atoms with Crippen molar-refractivity contribution in [3.63, 3.8) is 0 Å². The second kappa shape index (κ2) is 4.72. The number of likely N-dealkylation sites (tertiary alicyclic amines) is 1. The predicted molar refractivity (Wildman–Crippen MR) is 60.3 cm³/mol. The van der Waals surface area contributed by atoms with Crippen LogP contribution in [0.1, 0.15) is 25.7 Å². The minimum absolute atomic E-state index is 0.183. The van der Waals surface area contributed by atoms with E-state index in [4.69, 9.17) is 9.84 Å². The molecular weight excluding hydrogens is 206 g/mol. The van der Waals surface area contributed by atoms with E-state index in [2.05, 4.69) is 4.90 Å². The van der Waals surface area contributed by atoms with E-state index in [-0.39, 0.29) is 6.54 Å².